The molecule has 0 heterocycles. The molecule has 0 aliphatic carbocycles. The van der Waals surface area contributed by atoms with Crippen LogP contribution in [0.1, 0.15) is 39.0 Å². The average molecular weight is 174 g/mol. The molecule has 0 bridgehead atoms. The number of rotatable bonds is 7. The van der Waals surface area contributed by atoms with E-state index < -0.39 is 10.8 Å². The molecule has 0 aliphatic heterocycles. The van der Waals surface area contributed by atoms with E-state index in [1.807, 2.05) is 0 Å². The number of hydrogen-bond donors (Lipinski definition) is 0. The van der Waals surface area contributed by atoms with Crippen molar-refractivity contribution in [3.05, 3.63) is 12.0 Å². The summed E-state index contributed by atoms with van der Waals surface area (Å²) < 4.78 is 10.8. The lowest BCUT2D eigenvalue weighted by Crippen LogP contribution is -1.92. The maximum atomic E-state index is 10.8. The van der Waals surface area contributed by atoms with E-state index in [1.165, 1.54) is 31.1 Å². The summed E-state index contributed by atoms with van der Waals surface area (Å²) >= 11 is 0. The molecule has 0 N–H and O–H groups in total. The van der Waals surface area contributed by atoms with Crippen LogP contribution >= 0.6 is 0 Å². The van der Waals surface area contributed by atoms with Gasteiger partial charge in [-0.3, -0.25) is 4.21 Å². The molecule has 0 unspecified atom stereocenters. The lowest BCUT2D eigenvalue weighted by molar-refractivity contribution is 0.650. The largest absolute Gasteiger partial charge is 0.255 e. The third kappa shape index (κ3) is 7.79. The Bertz CT molecular complexity index is 121. The second-order valence-electron chi connectivity index (χ2n) is 2.67. The molecule has 0 fully saturated rings. The van der Waals surface area contributed by atoms with Crippen LogP contribution in [-0.4, -0.2) is 9.96 Å². The smallest absolute Gasteiger partial charge is 0.0449 e. The first-order valence-electron chi connectivity index (χ1n) is 4.31. The Balaban J connectivity index is 3.01. The van der Waals surface area contributed by atoms with Crippen molar-refractivity contribution in [3.8, 4) is 0 Å². The van der Waals surface area contributed by atoms with Gasteiger partial charge < -0.3 is 0 Å². The predicted molar refractivity (Wildman–Crippen MR) is 52.0 cm³/mol. The van der Waals surface area contributed by atoms with Gasteiger partial charge in [-0.25, -0.2) is 0 Å². The molecule has 0 aromatic rings. The van der Waals surface area contributed by atoms with Crippen LogP contribution in [0.25, 0.3) is 0 Å². The molecule has 0 radical (unpaired) electrons. The molecule has 2 heteroatoms. The number of unbranched alkanes of at least 4 members (excludes halogenated alkanes) is 4. The Morgan fingerprint density at radius 2 is 1.91 bits per heavy atom. The first-order chi connectivity index (χ1) is 5.31. The highest BCUT2D eigenvalue weighted by molar-refractivity contribution is 7.87. The lowest BCUT2D eigenvalue weighted by Gasteiger charge is -1.96. The second-order valence-corrected chi connectivity index (χ2v) is 4.17. The monoisotopic (exact) mass is 174 g/mol. The quantitative estimate of drug-likeness (QED) is 0.542. The highest BCUT2D eigenvalue weighted by atomic mass is 32.2. The van der Waals surface area contributed by atoms with E-state index in [1.54, 1.807) is 0 Å². The highest BCUT2D eigenvalue weighted by Gasteiger charge is 1.92. The fourth-order valence-electron chi connectivity index (χ4n) is 0.931. The van der Waals surface area contributed by atoms with E-state index in [9.17, 15) is 4.21 Å². The molecule has 0 aromatic carbocycles. The normalized spacial score (nSPS) is 12.8. The Labute approximate surface area is 72.3 Å². The molecule has 0 amide bonds. The van der Waals surface area contributed by atoms with Gasteiger partial charge in [-0.05, 0) is 11.8 Å². The Morgan fingerprint density at radius 1 is 1.27 bits per heavy atom. The van der Waals surface area contributed by atoms with Gasteiger partial charge in [0.2, 0.25) is 0 Å². The molecule has 0 aliphatic rings. The van der Waals surface area contributed by atoms with E-state index >= 15 is 0 Å². The molecule has 0 rings (SSSR count). The molecule has 0 saturated carbocycles. The van der Waals surface area contributed by atoms with Crippen LogP contribution in [0.2, 0.25) is 0 Å². The van der Waals surface area contributed by atoms with Crippen molar-refractivity contribution in [3.63, 3.8) is 0 Å². The molecule has 66 valence electrons. The summed E-state index contributed by atoms with van der Waals surface area (Å²) in [5.41, 5.74) is 0. The predicted octanol–water partition coefficient (Wildman–Crippen LogP) is 2.85. The summed E-state index contributed by atoms with van der Waals surface area (Å²) in [4.78, 5) is 0. The molecule has 0 spiro atoms. The molecule has 11 heavy (non-hydrogen) atoms. The Kier molecular flexibility index (Phi) is 7.91. The van der Waals surface area contributed by atoms with Crippen molar-refractivity contribution >= 4 is 10.8 Å². The van der Waals surface area contributed by atoms with Crippen LogP contribution in [0.15, 0.2) is 12.0 Å². The lowest BCUT2D eigenvalue weighted by atomic mass is 10.2. The minimum Gasteiger partial charge on any atom is -0.255 e. The maximum Gasteiger partial charge on any atom is 0.0449 e. The van der Waals surface area contributed by atoms with Gasteiger partial charge in [0, 0.05) is 16.6 Å². The zero-order chi connectivity index (χ0) is 8.53. The van der Waals surface area contributed by atoms with Gasteiger partial charge in [0.05, 0.1) is 0 Å². The number of hydrogen-bond acceptors (Lipinski definition) is 1. The minimum absolute atomic E-state index is 0.769. The average Bonchev–Trinajstić information content (AvgIpc) is 2.04. The van der Waals surface area contributed by atoms with E-state index in [0.717, 1.165) is 12.2 Å². The molecule has 1 atom stereocenters. The van der Waals surface area contributed by atoms with Crippen LogP contribution in [0.5, 0.6) is 0 Å². The Morgan fingerprint density at radius 3 is 2.45 bits per heavy atom. The third-order valence-corrected chi connectivity index (χ3v) is 2.70. The first kappa shape index (κ1) is 10.9. The van der Waals surface area contributed by atoms with E-state index in [-0.39, 0.29) is 0 Å². The van der Waals surface area contributed by atoms with Crippen molar-refractivity contribution in [1.29, 1.82) is 0 Å². The summed E-state index contributed by atoms with van der Waals surface area (Å²) in [5.74, 6) is 0.799. The SMILES string of the molecule is C=C[S@@](=O)CCCCCCC. The minimum atomic E-state index is -0.769. The molecule has 1 nitrogen and oxygen atoms in total. The van der Waals surface area contributed by atoms with Crippen molar-refractivity contribution < 1.29 is 4.21 Å². The van der Waals surface area contributed by atoms with Crippen molar-refractivity contribution in [2.24, 2.45) is 0 Å². The van der Waals surface area contributed by atoms with Crippen LogP contribution in [0, 0.1) is 0 Å². The van der Waals surface area contributed by atoms with Gasteiger partial charge in [-0.2, -0.15) is 0 Å². The summed E-state index contributed by atoms with van der Waals surface area (Å²) in [5, 5.41) is 1.53. The topological polar surface area (TPSA) is 17.1 Å². The summed E-state index contributed by atoms with van der Waals surface area (Å²) in [6, 6.07) is 0. The van der Waals surface area contributed by atoms with Crippen LogP contribution in [-0.2, 0) is 10.8 Å². The van der Waals surface area contributed by atoms with Gasteiger partial charge in [-0.1, -0.05) is 39.2 Å². The van der Waals surface area contributed by atoms with Crippen LogP contribution in [0.4, 0.5) is 0 Å². The molecular formula is C9H18OS. The van der Waals surface area contributed by atoms with E-state index in [0.29, 0.717) is 0 Å². The van der Waals surface area contributed by atoms with Crippen molar-refractivity contribution in [1.82, 2.24) is 0 Å². The second kappa shape index (κ2) is 7.99. The third-order valence-electron chi connectivity index (χ3n) is 1.63. The maximum absolute atomic E-state index is 10.8. The molecule has 0 saturated heterocycles. The highest BCUT2D eigenvalue weighted by Crippen LogP contribution is 2.03. The van der Waals surface area contributed by atoms with E-state index in [4.69, 9.17) is 0 Å². The van der Waals surface area contributed by atoms with Crippen LogP contribution < -0.4 is 0 Å². The van der Waals surface area contributed by atoms with Gasteiger partial charge in [0.15, 0.2) is 0 Å². The summed E-state index contributed by atoms with van der Waals surface area (Å²) in [6.07, 6.45) is 6.15. The first-order valence-corrected chi connectivity index (χ1v) is 5.69. The van der Waals surface area contributed by atoms with E-state index in [2.05, 4.69) is 13.5 Å². The molecule has 0 aromatic heterocycles. The van der Waals surface area contributed by atoms with Crippen LogP contribution in [0.3, 0.4) is 0 Å². The van der Waals surface area contributed by atoms with Crippen molar-refractivity contribution in [2.75, 3.05) is 5.75 Å². The van der Waals surface area contributed by atoms with Gasteiger partial charge in [0.25, 0.3) is 0 Å². The molecular weight excluding hydrogens is 156 g/mol. The van der Waals surface area contributed by atoms with Crippen molar-refractivity contribution in [2.45, 2.75) is 39.0 Å². The summed E-state index contributed by atoms with van der Waals surface area (Å²) in [7, 11) is -0.769. The fourth-order valence-corrected chi connectivity index (χ4v) is 1.59. The standard InChI is InChI=1S/C9H18OS/c1-3-5-6-7-8-9-11(10)4-2/h4H,2-3,5-9H2,1H3/t11-/m1/s1. The van der Waals surface area contributed by atoms with Gasteiger partial charge in [0.1, 0.15) is 0 Å². The Hall–Kier alpha value is -0.110. The zero-order valence-electron chi connectivity index (χ0n) is 7.34. The van der Waals surface area contributed by atoms with Gasteiger partial charge in [-0.15, -0.1) is 0 Å². The zero-order valence-corrected chi connectivity index (χ0v) is 8.16. The fraction of sp³-hybridized carbons (Fsp3) is 0.778. The van der Waals surface area contributed by atoms with Gasteiger partial charge >= 0.3 is 0 Å². The summed E-state index contributed by atoms with van der Waals surface area (Å²) in [6.45, 7) is 5.67.